The second-order valence-electron chi connectivity index (χ2n) is 5.78. The van der Waals surface area contributed by atoms with Crippen molar-refractivity contribution in [3.8, 4) is 0 Å². The number of aliphatic hydroxyl groups is 1. The molecule has 1 saturated carbocycles. The van der Waals surface area contributed by atoms with Crippen molar-refractivity contribution in [2.45, 2.75) is 39.0 Å². The van der Waals surface area contributed by atoms with Crippen LogP contribution < -0.4 is 5.32 Å². The van der Waals surface area contributed by atoms with Gasteiger partial charge in [0, 0.05) is 19.1 Å². The van der Waals surface area contributed by atoms with Crippen molar-refractivity contribution in [2.24, 2.45) is 5.41 Å². The van der Waals surface area contributed by atoms with Crippen LogP contribution in [0.3, 0.4) is 0 Å². The molecule has 1 heterocycles. The number of aromatic carboxylic acids is 1. The van der Waals surface area contributed by atoms with Crippen LogP contribution in [0.5, 0.6) is 0 Å². The molecule has 1 fully saturated rings. The minimum atomic E-state index is -1.05. The van der Waals surface area contributed by atoms with Gasteiger partial charge in [0.1, 0.15) is 5.82 Å². The molecule has 0 amide bonds. The van der Waals surface area contributed by atoms with Crippen LogP contribution in [0.15, 0.2) is 6.20 Å². The van der Waals surface area contributed by atoms with E-state index in [1.807, 2.05) is 13.8 Å². The monoisotopic (exact) mass is 279 g/mol. The zero-order valence-electron chi connectivity index (χ0n) is 11.9. The van der Waals surface area contributed by atoms with Gasteiger partial charge in [-0.15, -0.1) is 0 Å². The van der Waals surface area contributed by atoms with E-state index < -0.39 is 5.97 Å². The number of nitrogens with zero attached hydrogens (tertiary/aromatic N) is 2. The Morgan fingerprint density at radius 1 is 1.50 bits per heavy atom. The summed E-state index contributed by atoms with van der Waals surface area (Å²) in [6.07, 6.45) is 4.41. The van der Waals surface area contributed by atoms with Gasteiger partial charge in [-0.05, 0) is 24.7 Å². The molecule has 6 nitrogen and oxygen atoms in total. The Morgan fingerprint density at radius 2 is 2.20 bits per heavy atom. The molecule has 3 N–H and O–H groups in total. The molecule has 0 aliphatic heterocycles. The average molecular weight is 279 g/mol. The van der Waals surface area contributed by atoms with E-state index in [0.29, 0.717) is 18.1 Å². The van der Waals surface area contributed by atoms with Gasteiger partial charge in [0.05, 0.1) is 11.9 Å². The van der Waals surface area contributed by atoms with E-state index in [2.05, 4.69) is 15.3 Å². The Kier molecular flexibility index (Phi) is 4.23. The van der Waals surface area contributed by atoms with Crippen molar-refractivity contribution >= 4 is 11.7 Å². The van der Waals surface area contributed by atoms with Crippen LogP contribution in [0, 0.1) is 5.41 Å². The number of carboxylic acids is 1. The number of aromatic nitrogens is 2. The molecule has 0 saturated heterocycles. The van der Waals surface area contributed by atoms with Crippen LogP contribution in [-0.2, 0) is 0 Å². The molecule has 0 aromatic carbocycles. The highest BCUT2D eigenvalue weighted by molar-refractivity contribution is 5.91. The molecular weight excluding hydrogens is 258 g/mol. The van der Waals surface area contributed by atoms with Crippen LogP contribution in [0.25, 0.3) is 0 Å². The summed E-state index contributed by atoms with van der Waals surface area (Å²) in [5.41, 5.74) is 0.580. The molecule has 1 aliphatic rings. The van der Waals surface area contributed by atoms with E-state index in [9.17, 15) is 9.90 Å². The van der Waals surface area contributed by atoms with Crippen LogP contribution in [0.1, 0.15) is 55.3 Å². The lowest BCUT2D eigenvalue weighted by molar-refractivity contribution is 0.0691. The molecule has 6 heteroatoms. The smallest absolute Gasteiger partial charge is 0.356 e. The number of carbonyl (C=O) groups is 1. The number of hydrogen-bond acceptors (Lipinski definition) is 5. The maximum atomic E-state index is 11.3. The van der Waals surface area contributed by atoms with Gasteiger partial charge in [0.15, 0.2) is 5.69 Å². The third kappa shape index (κ3) is 3.25. The maximum Gasteiger partial charge on any atom is 0.356 e. The van der Waals surface area contributed by atoms with Gasteiger partial charge in [-0.2, -0.15) is 0 Å². The molecule has 2 rings (SSSR count). The van der Waals surface area contributed by atoms with Gasteiger partial charge in [-0.3, -0.25) is 0 Å². The fraction of sp³-hybridized carbons (Fsp3) is 0.643. The van der Waals surface area contributed by atoms with Crippen molar-refractivity contribution in [3.05, 3.63) is 17.7 Å². The summed E-state index contributed by atoms with van der Waals surface area (Å²) in [7, 11) is 0. The second-order valence-corrected chi connectivity index (χ2v) is 5.78. The maximum absolute atomic E-state index is 11.3. The Balaban J connectivity index is 2.13. The molecule has 1 aromatic rings. The van der Waals surface area contributed by atoms with Crippen molar-refractivity contribution in [2.75, 3.05) is 18.5 Å². The van der Waals surface area contributed by atoms with E-state index in [4.69, 9.17) is 5.11 Å². The third-order valence-electron chi connectivity index (χ3n) is 3.78. The molecule has 1 aromatic heterocycles. The zero-order chi connectivity index (χ0) is 14.8. The number of rotatable bonds is 7. The minimum absolute atomic E-state index is 0.0171. The topological polar surface area (TPSA) is 95.3 Å². The number of hydrogen-bond donors (Lipinski definition) is 3. The summed E-state index contributed by atoms with van der Waals surface area (Å²) in [6, 6.07) is 0. The van der Waals surface area contributed by atoms with Crippen molar-refractivity contribution < 1.29 is 15.0 Å². The quantitative estimate of drug-likeness (QED) is 0.705. The Labute approximate surface area is 118 Å². The molecule has 0 unspecified atom stereocenters. The summed E-state index contributed by atoms with van der Waals surface area (Å²) >= 11 is 0. The van der Waals surface area contributed by atoms with Crippen LogP contribution in [0.4, 0.5) is 5.69 Å². The predicted molar refractivity (Wildman–Crippen MR) is 74.9 cm³/mol. The lowest BCUT2D eigenvalue weighted by Crippen LogP contribution is -2.19. The number of carboxylic acid groups (broad SMARTS) is 1. The highest BCUT2D eigenvalue weighted by atomic mass is 16.4. The summed E-state index contributed by atoms with van der Waals surface area (Å²) in [5, 5.41) is 21.4. The normalized spacial score (nSPS) is 16.2. The number of aliphatic hydroxyl groups excluding tert-OH is 1. The summed E-state index contributed by atoms with van der Waals surface area (Å²) < 4.78 is 0. The largest absolute Gasteiger partial charge is 0.476 e. The lowest BCUT2D eigenvalue weighted by Gasteiger charge is -2.16. The molecule has 110 valence electrons. The Hall–Kier alpha value is -1.69. The predicted octanol–water partition coefficient (Wildman–Crippen LogP) is 1.87. The molecule has 0 bridgehead atoms. The van der Waals surface area contributed by atoms with Crippen molar-refractivity contribution in [3.63, 3.8) is 0 Å². The molecule has 1 aliphatic carbocycles. The molecule has 0 radical (unpaired) electrons. The van der Waals surface area contributed by atoms with Gasteiger partial charge >= 0.3 is 5.97 Å². The van der Waals surface area contributed by atoms with Gasteiger partial charge in [-0.25, -0.2) is 14.8 Å². The molecular formula is C14H21N3O3. The summed E-state index contributed by atoms with van der Waals surface area (Å²) in [4.78, 5) is 19.6. The number of nitrogens with one attached hydrogen (secondary N) is 1. The molecule has 0 spiro atoms. The fourth-order valence-electron chi connectivity index (χ4n) is 2.18. The first kappa shape index (κ1) is 14.7. The minimum Gasteiger partial charge on any atom is -0.476 e. The van der Waals surface area contributed by atoms with E-state index in [1.54, 1.807) is 6.20 Å². The van der Waals surface area contributed by atoms with E-state index in [1.165, 1.54) is 0 Å². The van der Waals surface area contributed by atoms with Gasteiger partial charge in [0.2, 0.25) is 0 Å². The van der Waals surface area contributed by atoms with Crippen molar-refractivity contribution in [1.29, 1.82) is 0 Å². The summed E-state index contributed by atoms with van der Waals surface area (Å²) in [6.45, 7) is 4.66. The first-order chi connectivity index (χ1) is 9.47. The second kappa shape index (κ2) is 5.75. The highest BCUT2D eigenvalue weighted by Gasteiger charge is 2.41. The molecule has 0 atom stereocenters. The van der Waals surface area contributed by atoms with Crippen LogP contribution in [0.2, 0.25) is 0 Å². The first-order valence-corrected chi connectivity index (χ1v) is 6.92. The standard InChI is InChI=1S/C14H21N3O3/c1-9(2)12-15-7-10(11(17-12)13(19)20)16-8-14(3-4-14)5-6-18/h7,9,16,18H,3-6,8H2,1-2H3,(H,19,20). The van der Waals surface area contributed by atoms with Gasteiger partial charge < -0.3 is 15.5 Å². The SMILES string of the molecule is CC(C)c1ncc(NCC2(CCO)CC2)c(C(=O)O)n1. The molecule has 20 heavy (non-hydrogen) atoms. The zero-order valence-corrected chi connectivity index (χ0v) is 11.9. The fourth-order valence-corrected chi connectivity index (χ4v) is 2.18. The lowest BCUT2D eigenvalue weighted by atomic mass is 10.0. The van der Waals surface area contributed by atoms with E-state index >= 15 is 0 Å². The van der Waals surface area contributed by atoms with Crippen LogP contribution >= 0.6 is 0 Å². The average Bonchev–Trinajstić information content (AvgIpc) is 3.16. The van der Waals surface area contributed by atoms with E-state index in [-0.39, 0.29) is 23.6 Å². The number of anilines is 1. The third-order valence-corrected chi connectivity index (χ3v) is 3.78. The van der Waals surface area contributed by atoms with Gasteiger partial charge in [0.25, 0.3) is 0 Å². The first-order valence-electron chi connectivity index (χ1n) is 6.92. The Bertz CT molecular complexity index is 498. The summed E-state index contributed by atoms with van der Waals surface area (Å²) in [5.74, 6) is -0.431. The van der Waals surface area contributed by atoms with E-state index in [0.717, 1.165) is 19.3 Å². The Morgan fingerprint density at radius 3 is 2.70 bits per heavy atom. The highest BCUT2D eigenvalue weighted by Crippen LogP contribution is 2.48. The van der Waals surface area contributed by atoms with Crippen molar-refractivity contribution in [1.82, 2.24) is 9.97 Å². The van der Waals surface area contributed by atoms with Gasteiger partial charge in [-0.1, -0.05) is 13.8 Å². The van der Waals surface area contributed by atoms with Crippen LogP contribution in [-0.4, -0.2) is 39.3 Å².